The molecule has 0 N–H and O–H groups in total. The van der Waals surface area contributed by atoms with Crippen LogP contribution in [-0.2, 0) is 17.9 Å². The summed E-state index contributed by atoms with van der Waals surface area (Å²) in [5, 5.41) is 12.8. The van der Waals surface area contributed by atoms with E-state index >= 15 is 0 Å². The molecule has 0 fully saturated rings. The number of rotatable bonds is 6. The minimum Gasteiger partial charge on any atom is -0.493 e. The third kappa shape index (κ3) is 3.95. The Kier molecular flexibility index (Phi) is 5.55. The van der Waals surface area contributed by atoms with Gasteiger partial charge in [0.05, 0.1) is 32.6 Å². The zero-order chi connectivity index (χ0) is 22.9. The Balaban J connectivity index is 1.40. The van der Waals surface area contributed by atoms with Crippen molar-refractivity contribution in [3.63, 3.8) is 0 Å². The highest BCUT2D eigenvalue weighted by molar-refractivity contribution is 5.63. The number of aromatic nitrogens is 5. The van der Waals surface area contributed by atoms with E-state index in [1.165, 1.54) is 11.1 Å². The molecular weight excluding hydrogens is 422 g/mol. The molecule has 1 aliphatic rings. The topological polar surface area (TPSA) is 97.3 Å². The summed E-state index contributed by atoms with van der Waals surface area (Å²) in [6.07, 6.45) is -0.0813. The highest BCUT2D eigenvalue weighted by Gasteiger charge is 2.28. The standard InChI is InChI=1S/C24H25N5O4/c1-5-31-20-11-16(7-9-19(20)30-4)23-25-24(33-27-23)22-18-13-32-21(12-29(18)28-26-22)17-8-6-14(2)10-15(17)3/h6-11,21H,5,12-13H2,1-4H3/t21-/m0/s1. The molecule has 1 aliphatic heterocycles. The maximum atomic E-state index is 6.17. The van der Waals surface area contributed by atoms with E-state index in [-0.39, 0.29) is 6.10 Å². The third-order valence-electron chi connectivity index (χ3n) is 5.72. The maximum Gasteiger partial charge on any atom is 0.280 e. The Bertz CT molecular complexity index is 1300. The molecule has 0 amide bonds. The molecule has 33 heavy (non-hydrogen) atoms. The van der Waals surface area contributed by atoms with Gasteiger partial charge in [-0.15, -0.1) is 5.10 Å². The lowest BCUT2D eigenvalue weighted by Crippen LogP contribution is -2.22. The highest BCUT2D eigenvalue weighted by Crippen LogP contribution is 2.34. The van der Waals surface area contributed by atoms with Crippen molar-refractivity contribution in [3.8, 4) is 34.5 Å². The fourth-order valence-electron chi connectivity index (χ4n) is 4.07. The van der Waals surface area contributed by atoms with Gasteiger partial charge in [-0.25, -0.2) is 4.68 Å². The third-order valence-corrected chi connectivity index (χ3v) is 5.72. The molecule has 4 aromatic rings. The first kappa shape index (κ1) is 21.1. The van der Waals surface area contributed by atoms with Crippen LogP contribution in [0, 0.1) is 13.8 Å². The number of fused-ring (bicyclic) bond motifs is 1. The Morgan fingerprint density at radius 1 is 1.12 bits per heavy atom. The van der Waals surface area contributed by atoms with Crippen LogP contribution in [0.15, 0.2) is 40.9 Å². The molecule has 5 rings (SSSR count). The Hall–Kier alpha value is -3.72. The van der Waals surface area contributed by atoms with E-state index < -0.39 is 0 Å². The first-order valence-electron chi connectivity index (χ1n) is 10.8. The first-order valence-corrected chi connectivity index (χ1v) is 10.8. The van der Waals surface area contributed by atoms with Crippen LogP contribution >= 0.6 is 0 Å². The lowest BCUT2D eigenvalue weighted by molar-refractivity contribution is -0.00153. The van der Waals surface area contributed by atoms with Crippen LogP contribution in [0.3, 0.4) is 0 Å². The largest absolute Gasteiger partial charge is 0.493 e. The quantitative estimate of drug-likeness (QED) is 0.432. The van der Waals surface area contributed by atoms with E-state index in [9.17, 15) is 0 Å². The van der Waals surface area contributed by atoms with Gasteiger partial charge in [0, 0.05) is 5.56 Å². The lowest BCUT2D eigenvalue weighted by atomic mass is 10.0. The van der Waals surface area contributed by atoms with Gasteiger partial charge in [0.2, 0.25) is 5.82 Å². The van der Waals surface area contributed by atoms with Crippen molar-refractivity contribution in [2.24, 2.45) is 0 Å². The van der Waals surface area contributed by atoms with E-state index in [0.29, 0.717) is 48.7 Å². The molecule has 0 saturated carbocycles. The van der Waals surface area contributed by atoms with Crippen LogP contribution in [0.25, 0.3) is 23.0 Å². The summed E-state index contributed by atoms with van der Waals surface area (Å²) in [6, 6.07) is 11.9. The molecule has 3 heterocycles. The molecular formula is C24H25N5O4. The fourth-order valence-corrected chi connectivity index (χ4v) is 4.07. The predicted octanol–water partition coefficient (Wildman–Crippen LogP) is 4.29. The second-order valence-corrected chi connectivity index (χ2v) is 7.95. The number of methoxy groups -OCH3 is 1. The zero-order valence-corrected chi connectivity index (χ0v) is 19.0. The monoisotopic (exact) mass is 447 g/mol. The normalized spacial score (nSPS) is 15.3. The summed E-state index contributed by atoms with van der Waals surface area (Å²) in [5.74, 6) is 2.00. The number of nitrogens with zero attached hydrogens (tertiary/aromatic N) is 5. The average molecular weight is 447 g/mol. The first-order chi connectivity index (χ1) is 16.1. The van der Waals surface area contributed by atoms with Crippen molar-refractivity contribution in [1.82, 2.24) is 25.1 Å². The van der Waals surface area contributed by atoms with Gasteiger partial charge in [-0.3, -0.25) is 0 Å². The SMILES string of the molecule is CCOc1cc(-c2noc(-c3nnn4c3CO[C@H](c3ccc(C)cc3C)C4)n2)ccc1OC. The summed E-state index contributed by atoms with van der Waals surface area (Å²) in [6.45, 7) is 7.55. The molecule has 0 radical (unpaired) electrons. The molecule has 0 spiro atoms. The smallest absolute Gasteiger partial charge is 0.280 e. The van der Waals surface area contributed by atoms with Gasteiger partial charge in [0.15, 0.2) is 17.2 Å². The molecule has 170 valence electrons. The highest BCUT2D eigenvalue weighted by atomic mass is 16.5. The molecule has 0 aliphatic carbocycles. The fraction of sp³-hybridized carbons (Fsp3) is 0.333. The van der Waals surface area contributed by atoms with E-state index in [4.69, 9.17) is 18.7 Å². The minimum atomic E-state index is -0.0813. The summed E-state index contributed by atoms with van der Waals surface area (Å²) < 4.78 is 24.5. The van der Waals surface area contributed by atoms with Gasteiger partial charge in [-0.2, -0.15) is 4.98 Å². The van der Waals surface area contributed by atoms with Crippen LogP contribution in [0.2, 0.25) is 0 Å². The van der Waals surface area contributed by atoms with Crippen LogP contribution in [0.1, 0.15) is 35.4 Å². The molecule has 1 atom stereocenters. The number of ether oxygens (including phenoxy) is 3. The number of hydrogen-bond donors (Lipinski definition) is 0. The van der Waals surface area contributed by atoms with Gasteiger partial charge in [0.1, 0.15) is 6.10 Å². The Morgan fingerprint density at radius 3 is 2.79 bits per heavy atom. The van der Waals surface area contributed by atoms with Crippen LogP contribution in [0.4, 0.5) is 0 Å². The summed E-state index contributed by atoms with van der Waals surface area (Å²) in [4.78, 5) is 4.54. The van der Waals surface area contributed by atoms with Gasteiger partial charge in [-0.05, 0) is 50.1 Å². The average Bonchev–Trinajstić information content (AvgIpc) is 3.46. The molecule has 2 aromatic carbocycles. The number of hydrogen-bond acceptors (Lipinski definition) is 8. The number of aryl methyl sites for hydroxylation is 2. The van der Waals surface area contributed by atoms with E-state index in [0.717, 1.165) is 16.8 Å². The minimum absolute atomic E-state index is 0.0813. The predicted molar refractivity (Wildman–Crippen MR) is 120 cm³/mol. The summed E-state index contributed by atoms with van der Waals surface area (Å²) >= 11 is 0. The maximum absolute atomic E-state index is 6.17. The van der Waals surface area contributed by atoms with Crippen molar-refractivity contribution >= 4 is 0 Å². The van der Waals surface area contributed by atoms with Gasteiger partial charge in [0.25, 0.3) is 5.89 Å². The van der Waals surface area contributed by atoms with Gasteiger partial charge in [-0.1, -0.05) is 34.1 Å². The molecule has 2 aromatic heterocycles. The van der Waals surface area contributed by atoms with Gasteiger partial charge >= 0.3 is 0 Å². The van der Waals surface area contributed by atoms with Gasteiger partial charge < -0.3 is 18.7 Å². The summed E-state index contributed by atoms with van der Waals surface area (Å²) in [7, 11) is 1.60. The van der Waals surface area contributed by atoms with E-state index in [2.05, 4.69) is 52.5 Å². The lowest BCUT2D eigenvalue weighted by Gasteiger charge is -2.25. The van der Waals surface area contributed by atoms with Crippen molar-refractivity contribution < 1.29 is 18.7 Å². The van der Waals surface area contributed by atoms with Crippen LogP contribution in [0.5, 0.6) is 11.5 Å². The van der Waals surface area contributed by atoms with E-state index in [1.54, 1.807) is 7.11 Å². The molecule has 0 bridgehead atoms. The summed E-state index contributed by atoms with van der Waals surface area (Å²) in [5.41, 5.74) is 5.70. The van der Waals surface area contributed by atoms with Crippen LogP contribution in [-0.4, -0.2) is 38.9 Å². The van der Waals surface area contributed by atoms with E-state index in [1.807, 2.05) is 29.8 Å². The second-order valence-electron chi connectivity index (χ2n) is 7.95. The molecule has 9 nitrogen and oxygen atoms in total. The molecule has 0 saturated heterocycles. The number of benzene rings is 2. The van der Waals surface area contributed by atoms with Crippen LogP contribution < -0.4 is 9.47 Å². The second kappa shape index (κ2) is 8.67. The van der Waals surface area contributed by atoms with Crippen molar-refractivity contribution in [1.29, 1.82) is 0 Å². The van der Waals surface area contributed by atoms with Crippen molar-refractivity contribution in [2.45, 2.75) is 40.0 Å². The molecule has 0 unspecified atom stereocenters. The van der Waals surface area contributed by atoms with Crippen molar-refractivity contribution in [3.05, 3.63) is 58.8 Å². The molecule has 9 heteroatoms. The Morgan fingerprint density at radius 2 is 2.00 bits per heavy atom. The van der Waals surface area contributed by atoms with Crippen molar-refractivity contribution in [2.75, 3.05) is 13.7 Å². The Labute approximate surface area is 191 Å². The zero-order valence-electron chi connectivity index (χ0n) is 19.0.